The van der Waals surface area contributed by atoms with Gasteiger partial charge in [-0.25, -0.2) is 8.42 Å². The third-order valence-electron chi connectivity index (χ3n) is 7.83. The smallest absolute Gasteiger partial charge is 0.248 e. The highest BCUT2D eigenvalue weighted by Crippen LogP contribution is 2.30. The lowest BCUT2D eigenvalue weighted by Gasteiger charge is -2.38. The molecule has 0 aliphatic carbocycles. The summed E-state index contributed by atoms with van der Waals surface area (Å²) >= 11 is 0. The van der Waals surface area contributed by atoms with Gasteiger partial charge in [-0.3, -0.25) is 4.79 Å². The molecule has 0 radical (unpaired) electrons. The second-order valence-electron chi connectivity index (χ2n) is 10.5. The van der Waals surface area contributed by atoms with E-state index in [1.165, 1.54) is 0 Å². The maximum Gasteiger partial charge on any atom is 0.248 e. The number of sulfone groups is 1. The average molecular weight is 537 g/mol. The molecule has 2 N–H and O–H groups in total. The van der Waals surface area contributed by atoms with Crippen LogP contribution in [0.2, 0.25) is 0 Å². The van der Waals surface area contributed by atoms with Gasteiger partial charge in [0.15, 0.2) is 5.44 Å². The molecule has 7 nitrogen and oxygen atoms in total. The minimum absolute atomic E-state index is 0.226. The highest BCUT2D eigenvalue weighted by Gasteiger charge is 2.39. The molecule has 2 unspecified atom stereocenters. The predicted octanol–water partition coefficient (Wildman–Crippen LogP) is 3.69. The van der Waals surface area contributed by atoms with Crippen molar-refractivity contribution in [1.82, 2.24) is 10.2 Å². The molecule has 3 aromatic rings. The molecule has 2 aliphatic heterocycles. The first kappa shape index (κ1) is 26.8. The summed E-state index contributed by atoms with van der Waals surface area (Å²) in [5.74, 6) is -0.249. The lowest BCUT2D eigenvalue weighted by atomic mass is 9.85. The molecule has 2 saturated heterocycles. The lowest BCUT2D eigenvalue weighted by Crippen LogP contribution is -2.51. The van der Waals surface area contributed by atoms with Crippen molar-refractivity contribution >= 4 is 26.5 Å². The van der Waals surface area contributed by atoms with Gasteiger partial charge in [-0.2, -0.15) is 0 Å². The second kappa shape index (κ2) is 11.5. The number of benzene rings is 3. The third kappa shape index (κ3) is 5.94. The fourth-order valence-corrected chi connectivity index (χ4v) is 7.59. The number of hydrogen-bond acceptors (Lipinski definition) is 6. The Hall–Kier alpha value is -2.78. The molecule has 2 heterocycles. The zero-order valence-corrected chi connectivity index (χ0v) is 22.4. The first-order valence-corrected chi connectivity index (χ1v) is 15.0. The van der Waals surface area contributed by atoms with Crippen molar-refractivity contribution in [2.75, 3.05) is 26.2 Å². The molecule has 2 atom stereocenters. The second-order valence-corrected chi connectivity index (χ2v) is 12.5. The standard InChI is InChI=1S/C30H36N2O5S/c33-28(32-19-16-30(34,17-20-32)21-23-9-2-1-3-10-23)22-37-29(26-14-6-7-18-31-26)38(35,36)27-15-8-12-24-11-4-5-13-25(24)27/h1-5,8-13,15,26,29,31,34H,6-7,14,16-22H2. The molecule has 2 fully saturated rings. The summed E-state index contributed by atoms with van der Waals surface area (Å²) in [5, 5.41) is 15.9. The topological polar surface area (TPSA) is 95.9 Å². The van der Waals surface area contributed by atoms with Gasteiger partial charge in [-0.05, 0) is 49.2 Å². The number of hydrogen-bond donors (Lipinski definition) is 2. The maximum atomic E-state index is 14.0. The largest absolute Gasteiger partial charge is 0.389 e. The number of fused-ring (bicyclic) bond motifs is 1. The molecule has 38 heavy (non-hydrogen) atoms. The first-order valence-electron chi connectivity index (χ1n) is 13.5. The number of likely N-dealkylation sites (tertiary alicyclic amines) is 1. The van der Waals surface area contributed by atoms with Crippen LogP contribution in [0, 0.1) is 0 Å². The number of amides is 1. The van der Waals surface area contributed by atoms with E-state index in [0.29, 0.717) is 44.2 Å². The molecule has 2 aliphatic rings. The first-order chi connectivity index (χ1) is 18.4. The molecule has 3 aromatic carbocycles. The van der Waals surface area contributed by atoms with E-state index in [-0.39, 0.29) is 17.4 Å². The van der Waals surface area contributed by atoms with Gasteiger partial charge in [-0.15, -0.1) is 0 Å². The number of nitrogens with one attached hydrogen (secondary N) is 1. The Kier molecular flexibility index (Phi) is 8.14. The van der Waals surface area contributed by atoms with Crippen LogP contribution in [0.25, 0.3) is 10.8 Å². The van der Waals surface area contributed by atoms with Crippen LogP contribution in [0.3, 0.4) is 0 Å². The van der Waals surface area contributed by atoms with Crippen molar-refractivity contribution in [2.45, 2.75) is 60.5 Å². The van der Waals surface area contributed by atoms with E-state index in [9.17, 15) is 18.3 Å². The highest BCUT2D eigenvalue weighted by atomic mass is 32.2. The zero-order chi connectivity index (χ0) is 26.6. The fraction of sp³-hybridized carbons (Fsp3) is 0.433. The zero-order valence-electron chi connectivity index (χ0n) is 21.6. The van der Waals surface area contributed by atoms with Crippen LogP contribution < -0.4 is 5.32 Å². The molecular formula is C30H36N2O5S. The van der Waals surface area contributed by atoms with Crippen LogP contribution in [0.4, 0.5) is 0 Å². The van der Waals surface area contributed by atoms with E-state index in [2.05, 4.69) is 5.32 Å². The van der Waals surface area contributed by atoms with E-state index < -0.39 is 26.9 Å². The average Bonchev–Trinajstić information content (AvgIpc) is 2.94. The number of nitrogens with zero attached hydrogens (tertiary/aromatic N) is 1. The molecule has 0 bridgehead atoms. The summed E-state index contributed by atoms with van der Waals surface area (Å²) < 4.78 is 33.9. The van der Waals surface area contributed by atoms with Gasteiger partial charge in [0.1, 0.15) is 6.61 Å². The Morgan fingerprint density at radius 2 is 1.71 bits per heavy atom. The van der Waals surface area contributed by atoms with Gasteiger partial charge in [0, 0.05) is 30.9 Å². The van der Waals surface area contributed by atoms with E-state index in [0.717, 1.165) is 30.3 Å². The summed E-state index contributed by atoms with van der Waals surface area (Å²) in [4.78, 5) is 15.0. The summed E-state index contributed by atoms with van der Waals surface area (Å²) in [6.45, 7) is 1.22. The lowest BCUT2D eigenvalue weighted by molar-refractivity contribution is -0.141. The fourth-order valence-electron chi connectivity index (χ4n) is 5.67. The number of piperidine rings is 2. The van der Waals surface area contributed by atoms with Gasteiger partial charge >= 0.3 is 0 Å². The van der Waals surface area contributed by atoms with E-state index in [4.69, 9.17) is 4.74 Å². The molecular weight excluding hydrogens is 500 g/mol. The SMILES string of the molecule is O=C(COC(C1CCCCN1)S(=O)(=O)c1cccc2ccccc12)N1CCC(O)(Cc2ccccc2)CC1. The van der Waals surface area contributed by atoms with Crippen LogP contribution >= 0.6 is 0 Å². The molecule has 1 amide bonds. The van der Waals surface area contributed by atoms with Crippen molar-refractivity contribution in [3.63, 3.8) is 0 Å². The molecule has 0 spiro atoms. The van der Waals surface area contributed by atoms with E-state index >= 15 is 0 Å². The Balaban J connectivity index is 1.28. The summed E-state index contributed by atoms with van der Waals surface area (Å²) in [5.41, 5.74) is -0.956. The number of carbonyl (C=O) groups is 1. The van der Waals surface area contributed by atoms with Gasteiger partial charge < -0.3 is 20.1 Å². The van der Waals surface area contributed by atoms with Crippen LogP contribution in [0.1, 0.15) is 37.7 Å². The summed E-state index contributed by atoms with van der Waals surface area (Å²) in [6, 6.07) is 22.1. The number of rotatable bonds is 8. The van der Waals surface area contributed by atoms with Crippen molar-refractivity contribution in [1.29, 1.82) is 0 Å². The van der Waals surface area contributed by atoms with Gasteiger partial charge in [0.05, 0.1) is 10.5 Å². The van der Waals surface area contributed by atoms with Crippen molar-refractivity contribution in [2.24, 2.45) is 0 Å². The van der Waals surface area contributed by atoms with Crippen molar-refractivity contribution in [3.05, 3.63) is 78.4 Å². The Labute approximate surface area is 224 Å². The Bertz CT molecular complexity index is 1340. The molecule has 0 aromatic heterocycles. The Morgan fingerprint density at radius 3 is 2.45 bits per heavy atom. The van der Waals surface area contributed by atoms with E-state index in [1.807, 2.05) is 60.7 Å². The van der Waals surface area contributed by atoms with Crippen molar-refractivity contribution < 1.29 is 23.1 Å². The summed E-state index contributed by atoms with van der Waals surface area (Å²) in [7, 11) is -3.90. The van der Waals surface area contributed by atoms with Gasteiger partial charge in [0.2, 0.25) is 15.7 Å². The van der Waals surface area contributed by atoms with Crippen LogP contribution in [-0.4, -0.2) is 67.7 Å². The molecule has 0 saturated carbocycles. The molecule has 5 rings (SSSR count). The van der Waals surface area contributed by atoms with Crippen LogP contribution in [0.5, 0.6) is 0 Å². The van der Waals surface area contributed by atoms with Gasteiger partial charge in [0.25, 0.3) is 0 Å². The number of carbonyl (C=O) groups excluding carboxylic acids is 1. The van der Waals surface area contributed by atoms with E-state index in [1.54, 1.807) is 17.0 Å². The quantitative estimate of drug-likeness (QED) is 0.456. The maximum absolute atomic E-state index is 14.0. The minimum Gasteiger partial charge on any atom is -0.389 e. The number of ether oxygens (including phenoxy) is 1. The predicted molar refractivity (Wildman–Crippen MR) is 147 cm³/mol. The molecule has 8 heteroatoms. The number of aliphatic hydroxyl groups is 1. The monoisotopic (exact) mass is 536 g/mol. The third-order valence-corrected chi connectivity index (χ3v) is 9.88. The molecule has 202 valence electrons. The summed E-state index contributed by atoms with van der Waals surface area (Å²) in [6.07, 6.45) is 4.04. The normalized spacial score (nSPS) is 20.8. The Morgan fingerprint density at radius 1 is 1.00 bits per heavy atom. The minimum atomic E-state index is -3.90. The van der Waals surface area contributed by atoms with Crippen LogP contribution in [-0.2, 0) is 25.8 Å². The van der Waals surface area contributed by atoms with Crippen LogP contribution in [0.15, 0.2) is 77.7 Å². The highest BCUT2D eigenvalue weighted by molar-refractivity contribution is 7.92. The van der Waals surface area contributed by atoms with Crippen molar-refractivity contribution in [3.8, 4) is 0 Å². The van der Waals surface area contributed by atoms with Gasteiger partial charge in [-0.1, -0.05) is 73.2 Å².